The lowest BCUT2D eigenvalue weighted by Gasteiger charge is -2.08. The van der Waals surface area contributed by atoms with E-state index in [1.807, 2.05) is 0 Å². The Morgan fingerprint density at radius 1 is 1.17 bits per heavy atom. The van der Waals surface area contributed by atoms with Gasteiger partial charge in [0.25, 0.3) is 0 Å². The van der Waals surface area contributed by atoms with Gasteiger partial charge >= 0.3 is 0 Å². The molecule has 0 bridgehead atoms. The molecule has 0 aliphatic rings. The van der Waals surface area contributed by atoms with Crippen molar-refractivity contribution in [3.05, 3.63) is 34.4 Å². The van der Waals surface area contributed by atoms with E-state index in [-0.39, 0.29) is 0 Å². The first-order chi connectivity index (χ1) is 5.69. The van der Waals surface area contributed by atoms with Gasteiger partial charge in [-0.1, -0.05) is 19.9 Å². The second-order valence-corrected chi connectivity index (χ2v) is 3.29. The Kier molecular flexibility index (Phi) is 2.91. The molecule has 0 saturated carbocycles. The lowest BCUT2D eigenvalue weighted by atomic mass is 9.97. The van der Waals surface area contributed by atoms with Gasteiger partial charge in [0.05, 0.1) is 0 Å². The van der Waals surface area contributed by atoms with Crippen molar-refractivity contribution in [3.8, 4) is 0 Å². The van der Waals surface area contributed by atoms with E-state index >= 15 is 0 Å². The fraction of sp³-hybridized carbons (Fsp3) is 0.500. The van der Waals surface area contributed by atoms with Crippen molar-refractivity contribution in [2.75, 3.05) is 0 Å². The third-order valence-electron chi connectivity index (χ3n) is 2.42. The van der Waals surface area contributed by atoms with Crippen LogP contribution in [-0.2, 0) is 12.8 Å². The zero-order valence-corrected chi connectivity index (χ0v) is 8.49. The molecular formula is C12H17. The fourth-order valence-corrected chi connectivity index (χ4v) is 1.60. The Labute approximate surface area is 75.6 Å². The smallest absolute Gasteiger partial charge is 0.0112 e. The van der Waals surface area contributed by atoms with Gasteiger partial charge in [-0.15, -0.1) is 0 Å². The van der Waals surface area contributed by atoms with Crippen molar-refractivity contribution in [3.63, 3.8) is 0 Å². The highest BCUT2D eigenvalue weighted by Crippen LogP contribution is 2.16. The van der Waals surface area contributed by atoms with E-state index in [1.165, 1.54) is 22.3 Å². The minimum absolute atomic E-state index is 1.09. The maximum absolute atomic E-state index is 3.44. The van der Waals surface area contributed by atoms with Crippen molar-refractivity contribution >= 4 is 0 Å². The highest BCUT2D eigenvalue weighted by Gasteiger charge is 2.01. The highest BCUT2D eigenvalue weighted by atomic mass is 14.1. The molecule has 0 fully saturated rings. The molecule has 0 heterocycles. The molecule has 0 unspecified atom stereocenters. The average molecular weight is 161 g/mol. The molecule has 12 heavy (non-hydrogen) atoms. The van der Waals surface area contributed by atoms with Crippen LogP contribution in [0, 0.1) is 19.9 Å². The summed E-state index contributed by atoms with van der Waals surface area (Å²) < 4.78 is 0. The van der Waals surface area contributed by atoms with Crippen LogP contribution in [0.3, 0.4) is 0 Å². The number of hydrogen-bond donors (Lipinski definition) is 0. The molecule has 0 saturated heterocycles. The van der Waals surface area contributed by atoms with Gasteiger partial charge in [-0.05, 0) is 55.0 Å². The van der Waals surface area contributed by atoms with E-state index in [1.54, 1.807) is 0 Å². The van der Waals surface area contributed by atoms with E-state index in [0.29, 0.717) is 0 Å². The van der Waals surface area contributed by atoms with E-state index in [9.17, 15) is 0 Å². The second kappa shape index (κ2) is 3.75. The number of benzene rings is 1. The summed E-state index contributed by atoms with van der Waals surface area (Å²) in [5, 5.41) is 0. The molecule has 0 spiro atoms. The van der Waals surface area contributed by atoms with E-state index in [0.717, 1.165) is 12.8 Å². The van der Waals surface area contributed by atoms with Gasteiger partial charge in [0.1, 0.15) is 0 Å². The quantitative estimate of drug-likeness (QED) is 0.624. The normalized spacial score (nSPS) is 10.3. The van der Waals surface area contributed by atoms with Crippen LogP contribution in [0.1, 0.15) is 36.1 Å². The van der Waals surface area contributed by atoms with Crippen molar-refractivity contribution < 1.29 is 0 Å². The van der Waals surface area contributed by atoms with E-state index in [4.69, 9.17) is 0 Å². The number of aryl methyl sites for hydroxylation is 4. The summed E-state index contributed by atoms with van der Waals surface area (Å²) >= 11 is 0. The summed E-state index contributed by atoms with van der Waals surface area (Å²) in [5.41, 5.74) is 5.51. The maximum Gasteiger partial charge on any atom is -0.0112 e. The van der Waals surface area contributed by atoms with Gasteiger partial charge < -0.3 is 0 Å². The Bertz CT molecular complexity index is 242. The molecule has 0 N–H and O–H groups in total. The molecule has 0 aromatic heterocycles. The Hall–Kier alpha value is -0.780. The summed E-state index contributed by atoms with van der Waals surface area (Å²) in [4.78, 5) is 0. The average Bonchev–Trinajstić information content (AvgIpc) is 2.08. The lowest BCUT2D eigenvalue weighted by Crippen LogP contribution is -1.94. The van der Waals surface area contributed by atoms with Crippen LogP contribution in [0.2, 0.25) is 0 Å². The van der Waals surface area contributed by atoms with Crippen LogP contribution in [0.4, 0.5) is 0 Å². The number of hydrogen-bond acceptors (Lipinski definition) is 0. The summed E-state index contributed by atoms with van der Waals surface area (Å²) in [7, 11) is 0. The van der Waals surface area contributed by atoms with Crippen LogP contribution in [0.25, 0.3) is 0 Å². The molecule has 1 aromatic carbocycles. The molecule has 0 aliphatic carbocycles. The molecule has 1 aromatic rings. The van der Waals surface area contributed by atoms with Gasteiger partial charge in [-0.3, -0.25) is 0 Å². The first-order valence-electron chi connectivity index (χ1n) is 4.70. The Morgan fingerprint density at radius 3 is 2.33 bits per heavy atom. The first kappa shape index (κ1) is 9.31. The van der Waals surface area contributed by atoms with Crippen LogP contribution >= 0.6 is 0 Å². The largest absolute Gasteiger partial charge is 0.0613 e. The van der Waals surface area contributed by atoms with Crippen molar-refractivity contribution in [2.45, 2.75) is 40.5 Å². The van der Waals surface area contributed by atoms with Crippen LogP contribution in [-0.4, -0.2) is 0 Å². The van der Waals surface area contributed by atoms with Gasteiger partial charge in [0.2, 0.25) is 0 Å². The fourth-order valence-electron chi connectivity index (χ4n) is 1.60. The van der Waals surface area contributed by atoms with Crippen LogP contribution in [0.15, 0.2) is 6.07 Å². The molecule has 0 heteroatoms. The SMILES string of the molecule is CCc1[c]c(C)c(CC)cc1C. The van der Waals surface area contributed by atoms with E-state index < -0.39 is 0 Å². The van der Waals surface area contributed by atoms with Crippen LogP contribution in [0.5, 0.6) is 0 Å². The molecule has 0 aliphatic heterocycles. The third-order valence-corrected chi connectivity index (χ3v) is 2.42. The molecule has 1 radical (unpaired) electrons. The summed E-state index contributed by atoms with van der Waals surface area (Å²) in [6.07, 6.45) is 2.21. The molecular weight excluding hydrogens is 144 g/mol. The molecule has 1 rings (SSSR count). The van der Waals surface area contributed by atoms with Gasteiger partial charge in [-0.25, -0.2) is 0 Å². The monoisotopic (exact) mass is 161 g/mol. The minimum atomic E-state index is 1.09. The molecule has 0 amide bonds. The van der Waals surface area contributed by atoms with Gasteiger partial charge in [0, 0.05) is 0 Å². The predicted octanol–water partition coefficient (Wildman–Crippen LogP) is 3.23. The Balaban J connectivity index is 3.16. The zero-order valence-electron chi connectivity index (χ0n) is 8.49. The summed E-state index contributed by atoms with van der Waals surface area (Å²) in [5.74, 6) is 0. The third kappa shape index (κ3) is 1.69. The first-order valence-corrected chi connectivity index (χ1v) is 4.70. The number of rotatable bonds is 2. The zero-order chi connectivity index (χ0) is 9.14. The summed E-state index contributed by atoms with van der Waals surface area (Å²) in [6.45, 7) is 8.70. The predicted molar refractivity (Wildman–Crippen MR) is 53.5 cm³/mol. The van der Waals surface area contributed by atoms with Gasteiger partial charge in [0.15, 0.2) is 0 Å². The minimum Gasteiger partial charge on any atom is -0.0613 e. The standard InChI is InChI=1S/C12H17/c1-5-11-7-10(4)12(6-2)8-9(11)3/h7H,5-6H2,1-4H3. The molecule has 0 nitrogen and oxygen atoms in total. The van der Waals surface area contributed by atoms with Crippen molar-refractivity contribution in [1.29, 1.82) is 0 Å². The van der Waals surface area contributed by atoms with Gasteiger partial charge in [-0.2, -0.15) is 0 Å². The van der Waals surface area contributed by atoms with E-state index in [2.05, 4.69) is 39.8 Å². The van der Waals surface area contributed by atoms with Crippen LogP contribution < -0.4 is 0 Å². The highest BCUT2D eigenvalue weighted by molar-refractivity contribution is 5.35. The lowest BCUT2D eigenvalue weighted by molar-refractivity contribution is 1.05. The van der Waals surface area contributed by atoms with Crippen molar-refractivity contribution in [1.82, 2.24) is 0 Å². The molecule has 0 atom stereocenters. The Morgan fingerprint density at radius 2 is 1.83 bits per heavy atom. The maximum atomic E-state index is 3.44. The second-order valence-electron chi connectivity index (χ2n) is 3.29. The van der Waals surface area contributed by atoms with Crippen molar-refractivity contribution in [2.24, 2.45) is 0 Å². The molecule has 65 valence electrons. The summed E-state index contributed by atoms with van der Waals surface area (Å²) in [6, 6.07) is 5.74. The topological polar surface area (TPSA) is 0 Å².